The zero-order chi connectivity index (χ0) is 30.0. The number of likely N-dealkylation sites (tertiary alicyclic amines) is 1. The van der Waals surface area contributed by atoms with E-state index >= 15 is 0 Å². The van der Waals surface area contributed by atoms with Crippen LogP contribution in [0.25, 0.3) is 0 Å². The molecule has 3 fully saturated rings. The fourth-order valence-corrected chi connectivity index (χ4v) is 8.29. The quantitative estimate of drug-likeness (QED) is 0.346. The normalized spacial score (nSPS) is 21.9. The molecule has 2 atom stereocenters. The van der Waals surface area contributed by atoms with E-state index in [2.05, 4.69) is 39.8 Å². The van der Waals surface area contributed by atoms with Crippen LogP contribution in [0.5, 0.6) is 0 Å². The number of amides is 3. The van der Waals surface area contributed by atoms with Crippen LogP contribution in [-0.4, -0.2) is 87.7 Å². The first kappa shape index (κ1) is 33.0. The Labute approximate surface area is 260 Å². The zero-order valence-electron chi connectivity index (χ0n) is 25.6. The monoisotopic (exact) mass is 618 g/mol. The average molecular weight is 619 g/mol. The highest BCUT2D eigenvalue weighted by atomic mass is 32.2. The highest BCUT2D eigenvalue weighted by Gasteiger charge is 2.39. The van der Waals surface area contributed by atoms with Crippen molar-refractivity contribution in [3.05, 3.63) is 35.9 Å². The lowest BCUT2D eigenvalue weighted by atomic mass is 10.0. The molecule has 2 heterocycles. The number of nitrogens with one attached hydrogen (secondary N) is 2. The van der Waals surface area contributed by atoms with Gasteiger partial charge in [0.25, 0.3) is 0 Å². The lowest BCUT2D eigenvalue weighted by molar-refractivity contribution is -0.131. The van der Waals surface area contributed by atoms with Crippen molar-refractivity contribution in [2.45, 2.75) is 102 Å². The van der Waals surface area contributed by atoms with Gasteiger partial charge in [-0.05, 0) is 63.7 Å². The van der Waals surface area contributed by atoms with Gasteiger partial charge in [0.2, 0.25) is 11.8 Å². The first-order valence-electron chi connectivity index (χ1n) is 15.7. The summed E-state index contributed by atoms with van der Waals surface area (Å²) in [6.07, 6.45) is 9.01. The standard InChI is InChI=1S/C32H50N4O4S2/c1-32(2,3)40-31(39)36-23-42-22-28(36)30(38)34-27(21-41-20-25-13-7-4-5-8-14-25)29(37)33-26-15-17-35(18-16-26)19-24-11-9-6-10-12-24/h6,9-12,25-28H,4-5,7-8,13-23H2,1-3H3,(H,33,37)(H,34,38). The van der Waals surface area contributed by atoms with Crippen molar-refractivity contribution in [1.29, 1.82) is 0 Å². The van der Waals surface area contributed by atoms with Crippen LogP contribution >= 0.6 is 23.5 Å². The third-order valence-electron chi connectivity index (χ3n) is 8.24. The third kappa shape index (κ3) is 10.7. The second-order valence-corrected chi connectivity index (χ2v) is 15.0. The van der Waals surface area contributed by atoms with E-state index < -0.39 is 23.8 Å². The second kappa shape index (κ2) is 16.2. The Kier molecular flexibility index (Phi) is 12.8. The van der Waals surface area contributed by atoms with Crippen LogP contribution in [0.1, 0.15) is 77.7 Å². The molecule has 0 aromatic heterocycles. The highest BCUT2D eigenvalue weighted by Crippen LogP contribution is 2.27. The van der Waals surface area contributed by atoms with Gasteiger partial charge in [0.15, 0.2) is 0 Å². The van der Waals surface area contributed by atoms with Gasteiger partial charge in [-0.25, -0.2) is 4.79 Å². The molecule has 1 aliphatic carbocycles. The van der Waals surface area contributed by atoms with Crippen LogP contribution in [-0.2, 0) is 20.9 Å². The number of piperidine rings is 1. The Balaban J connectivity index is 1.33. The smallest absolute Gasteiger partial charge is 0.411 e. The maximum Gasteiger partial charge on any atom is 0.411 e. The lowest BCUT2D eigenvalue weighted by Crippen LogP contribution is -2.57. The molecular weight excluding hydrogens is 569 g/mol. The van der Waals surface area contributed by atoms with Crippen molar-refractivity contribution in [1.82, 2.24) is 20.4 Å². The van der Waals surface area contributed by atoms with Crippen LogP contribution in [0.2, 0.25) is 0 Å². The van der Waals surface area contributed by atoms with E-state index in [9.17, 15) is 14.4 Å². The van der Waals surface area contributed by atoms with E-state index in [4.69, 9.17) is 4.74 Å². The Hall–Kier alpha value is -1.91. The van der Waals surface area contributed by atoms with Crippen molar-refractivity contribution in [2.24, 2.45) is 5.92 Å². The fraction of sp³-hybridized carbons (Fsp3) is 0.719. The molecule has 8 nitrogen and oxygen atoms in total. The zero-order valence-corrected chi connectivity index (χ0v) is 27.3. The van der Waals surface area contributed by atoms with Crippen LogP contribution in [0, 0.1) is 5.92 Å². The molecule has 10 heteroatoms. The van der Waals surface area contributed by atoms with Gasteiger partial charge in [-0.2, -0.15) is 11.8 Å². The van der Waals surface area contributed by atoms with Gasteiger partial charge in [0.05, 0.1) is 5.88 Å². The molecule has 42 heavy (non-hydrogen) atoms. The number of hydrogen-bond acceptors (Lipinski definition) is 7. The third-order valence-corrected chi connectivity index (χ3v) is 10.5. The van der Waals surface area contributed by atoms with Crippen molar-refractivity contribution in [2.75, 3.05) is 36.2 Å². The van der Waals surface area contributed by atoms with Crippen molar-refractivity contribution in [3.63, 3.8) is 0 Å². The average Bonchev–Trinajstić information content (AvgIpc) is 3.31. The maximum absolute atomic E-state index is 13.6. The molecule has 3 aliphatic rings. The van der Waals surface area contributed by atoms with Gasteiger partial charge in [-0.3, -0.25) is 19.4 Å². The summed E-state index contributed by atoms with van der Waals surface area (Å²) in [6.45, 7) is 8.24. The Morgan fingerprint density at radius 1 is 1.02 bits per heavy atom. The van der Waals surface area contributed by atoms with Crippen molar-refractivity contribution >= 4 is 41.4 Å². The number of hydrogen-bond donors (Lipinski definition) is 2. The molecule has 2 saturated heterocycles. The first-order valence-corrected chi connectivity index (χ1v) is 18.0. The highest BCUT2D eigenvalue weighted by molar-refractivity contribution is 7.99. The van der Waals surface area contributed by atoms with Crippen molar-refractivity contribution in [3.8, 4) is 0 Å². The molecule has 1 aromatic rings. The van der Waals surface area contributed by atoms with E-state index in [0.29, 0.717) is 23.3 Å². The van der Waals surface area contributed by atoms with Crippen LogP contribution < -0.4 is 10.6 Å². The van der Waals surface area contributed by atoms with E-state index in [0.717, 1.165) is 38.2 Å². The molecule has 234 valence electrons. The van der Waals surface area contributed by atoms with E-state index in [1.54, 1.807) is 11.8 Å². The number of ether oxygens (including phenoxy) is 1. The van der Waals surface area contributed by atoms with Crippen LogP contribution in [0.4, 0.5) is 4.79 Å². The van der Waals surface area contributed by atoms with E-state index in [1.165, 1.54) is 60.8 Å². The van der Waals surface area contributed by atoms with E-state index in [1.807, 2.05) is 26.8 Å². The predicted molar refractivity (Wildman–Crippen MR) is 173 cm³/mol. The summed E-state index contributed by atoms with van der Waals surface area (Å²) in [5.41, 5.74) is 0.665. The number of nitrogens with zero attached hydrogens (tertiary/aromatic N) is 2. The summed E-state index contributed by atoms with van der Waals surface area (Å²) in [4.78, 5) is 43.8. The molecule has 2 aliphatic heterocycles. The van der Waals surface area contributed by atoms with E-state index in [-0.39, 0.29) is 17.9 Å². The topological polar surface area (TPSA) is 91.0 Å². The summed E-state index contributed by atoms with van der Waals surface area (Å²) in [5.74, 6) is 2.73. The molecule has 1 aromatic carbocycles. The maximum atomic E-state index is 13.6. The summed E-state index contributed by atoms with van der Waals surface area (Å²) >= 11 is 3.30. The minimum atomic E-state index is -0.645. The molecule has 4 rings (SSSR count). The van der Waals surface area contributed by atoms with Gasteiger partial charge in [0.1, 0.15) is 17.7 Å². The Bertz CT molecular complexity index is 1010. The summed E-state index contributed by atoms with van der Waals surface area (Å²) < 4.78 is 5.55. The number of benzene rings is 1. The van der Waals surface area contributed by atoms with Gasteiger partial charge in [0, 0.05) is 37.2 Å². The van der Waals surface area contributed by atoms with Crippen LogP contribution in [0.3, 0.4) is 0 Å². The molecule has 2 unspecified atom stereocenters. The molecule has 0 spiro atoms. The van der Waals surface area contributed by atoms with Gasteiger partial charge in [-0.1, -0.05) is 56.0 Å². The molecule has 0 radical (unpaired) electrons. The molecule has 3 amide bonds. The fourth-order valence-electron chi connectivity index (χ4n) is 5.87. The molecule has 0 bridgehead atoms. The number of rotatable bonds is 10. The van der Waals surface area contributed by atoms with Gasteiger partial charge in [-0.15, -0.1) is 11.8 Å². The molecule has 1 saturated carbocycles. The summed E-state index contributed by atoms with van der Waals surface area (Å²) in [5, 5.41) is 6.30. The Morgan fingerprint density at radius 3 is 2.38 bits per heavy atom. The minimum absolute atomic E-state index is 0.0936. The summed E-state index contributed by atoms with van der Waals surface area (Å²) in [7, 11) is 0. The first-order chi connectivity index (χ1) is 20.2. The number of thioether (sulfide) groups is 2. The van der Waals surface area contributed by atoms with Crippen LogP contribution in [0.15, 0.2) is 30.3 Å². The predicted octanol–water partition coefficient (Wildman–Crippen LogP) is 5.27. The SMILES string of the molecule is CC(C)(C)OC(=O)N1CSCC1C(=O)NC(CSCC1CCCCCC1)C(=O)NC1CCN(Cc2ccccc2)CC1. The van der Waals surface area contributed by atoms with Crippen molar-refractivity contribution < 1.29 is 19.1 Å². The molecule has 2 N–H and O–H groups in total. The Morgan fingerprint density at radius 2 is 1.71 bits per heavy atom. The largest absolute Gasteiger partial charge is 0.444 e. The number of carbonyl (C=O) groups is 3. The number of carbonyl (C=O) groups excluding carboxylic acids is 3. The lowest BCUT2D eigenvalue weighted by Gasteiger charge is -2.33. The van der Waals surface area contributed by atoms with Gasteiger partial charge >= 0.3 is 6.09 Å². The molecular formula is C32H50N4O4S2. The summed E-state index contributed by atoms with van der Waals surface area (Å²) in [6, 6.07) is 9.30. The second-order valence-electron chi connectivity index (χ2n) is 13.0. The van der Waals surface area contributed by atoms with Gasteiger partial charge < -0.3 is 15.4 Å². The minimum Gasteiger partial charge on any atom is -0.444 e.